The molecule has 21 heavy (non-hydrogen) atoms. The minimum atomic E-state index is -3.10. The number of sulfonamides is 1. The highest BCUT2D eigenvalue weighted by Crippen LogP contribution is 2.18. The molecule has 0 aromatic carbocycles. The molecule has 0 aliphatic carbocycles. The van der Waals surface area contributed by atoms with E-state index in [9.17, 15) is 16.8 Å². The van der Waals surface area contributed by atoms with Crippen molar-refractivity contribution in [2.75, 3.05) is 30.3 Å². The van der Waals surface area contributed by atoms with Crippen molar-refractivity contribution in [1.29, 1.82) is 0 Å². The molecule has 2 aliphatic heterocycles. The summed E-state index contributed by atoms with van der Waals surface area (Å²) in [6, 6.07) is 0.268. The summed E-state index contributed by atoms with van der Waals surface area (Å²) in [5.74, 6) is 0.742. The predicted octanol–water partition coefficient (Wildman–Crippen LogP) is 0.357. The molecule has 8 heteroatoms. The lowest BCUT2D eigenvalue weighted by Crippen LogP contribution is -2.50. The Morgan fingerprint density at radius 2 is 1.81 bits per heavy atom. The molecule has 1 N–H and O–H groups in total. The zero-order chi connectivity index (χ0) is 15.5. The van der Waals surface area contributed by atoms with Gasteiger partial charge in [-0.05, 0) is 32.1 Å². The second-order valence-electron chi connectivity index (χ2n) is 6.11. The molecule has 6 nitrogen and oxygen atoms in total. The highest BCUT2D eigenvalue weighted by atomic mass is 32.2. The Hall–Kier alpha value is -0.180. The Bertz CT molecular complexity index is 537. The second kappa shape index (κ2) is 6.93. The second-order valence-corrected chi connectivity index (χ2v) is 10.4. The molecule has 0 aromatic heterocycles. The van der Waals surface area contributed by atoms with Crippen molar-refractivity contribution >= 4 is 19.9 Å². The standard InChI is InChI=1S/C13H26N2O4S2/c1-2-9-21(18,19)15-7-5-12(6-8-15)14-13-4-3-10-20(16,17)11-13/h12-14H,2-11H2,1H3. The van der Waals surface area contributed by atoms with Crippen LogP contribution in [-0.4, -0.2) is 63.6 Å². The van der Waals surface area contributed by atoms with Crippen LogP contribution in [0.25, 0.3) is 0 Å². The first kappa shape index (κ1) is 17.2. The van der Waals surface area contributed by atoms with Gasteiger partial charge in [0.1, 0.15) is 0 Å². The zero-order valence-electron chi connectivity index (χ0n) is 12.6. The maximum Gasteiger partial charge on any atom is 0.214 e. The minimum absolute atomic E-state index is 0.0348. The van der Waals surface area contributed by atoms with E-state index in [0.29, 0.717) is 25.3 Å². The molecule has 0 spiro atoms. The third kappa shape index (κ3) is 4.91. The Balaban J connectivity index is 1.82. The molecule has 124 valence electrons. The van der Waals surface area contributed by atoms with E-state index in [2.05, 4.69) is 5.32 Å². The largest absolute Gasteiger partial charge is 0.310 e. The molecule has 0 saturated carbocycles. The smallest absolute Gasteiger partial charge is 0.214 e. The van der Waals surface area contributed by atoms with Crippen molar-refractivity contribution in [2.45, 2.75) is 51.1 Å². The molecular formula is C13H26N2O4S2. The van der Waals surface area contributed by atoms with E-state index in [1.807, 2.05) is 6.92 Å². The van der Waals surface area contributed by atoms with Crippen LogP contribution < -0.4 is 5.32 Å². The van der Waals surface area contributed by atoms with Crippen molar-refractivity contribution in [3.8, 4) is 0 Å². The van der Waals surface area contributed by atoms with Crippen LogP contribution in [0.15, 0.2) is 0 Å². The molecule has 2 fully saturated rings. The quantitative estimate of drug-likeness (QED) is 0.782. The average Bonchev–Trinajstić information content (AvgIpc) is 2.38. The van der Waals surface area contributed by atoms with Crippen LogP contribution in [0.1, 0.15) is 39.0 Å². The molecule has 1 atom stereocenters. The van der Waals surface area contributed by atoms with Crippen LogP contribution in [0.2, 0.25) is 0 Å². The van der Waals surface area contributed by atoms with Crippen LogP contribution in [0.4, 0.5) is 0 Å². The van der Waals surface area contributed by atoms with Crippen LogP contribution in [0.5, 0.6) is 0 Å². The van der Waals surface area contributed by atoms with Gasteiger partial charge in [0.25, 0.3) is 0 Å². The topological polar surface area (TPSA) is 83.6 Å². The summed E-state index contributed by atoms with van der Waals surface area (Å²) < 4.78 is 48.8. The predicted molar refractivity (Wildman–Crippen MR) is 83.5 cm³/mol. The number of nitrogens with zero attached hydrogens (tertiary/aromatic N) is 1. The number of hydrogen-bond donors (Lipinski definition) is 1. The maximum atomic E-state index is 12.0. The molecule has 0 amide bonds. The van der Waals surface area contributed by atoms with Gasteiger partial charge < -0.3 is 5.32 Å². The summed E-state index contributed by atoms with van der Waals surface area (Å²) >= 11 is 0. The van der Waals surface area contributed by atoms with Gasteiger partial charge in [-0.25, -0.2) is 21.1 Å². The fourth-order valence-corrected chi connectivity index (χ4v) is 6.37. The molecule has 0 bridgehead atoms. The molecular weight excluding hydrogens is 312 g/mol. The highest BCUT2D eigenvalue weighted by molar-refractivity contribution is 7.91. The monoisotopic (exact) mass is 338 g/mol. The summed E-state index contributed by atoms with van der Waals surface area (Å²) in [5.41, 5.74) is 0. The number of hydrogen-bond acceptors (Lipinski definition) is 5. The Labute approximate surface area is 128 Å². The number of piperidine rings is 1. The summed E-state index contributed by atoms with van der Waals surface area (Å²) in [6.07, 6.45) is 3.79. The van der Waals surface area contributed by atoms with E-state index in [1.54, 1.807) is 4.31 Å². The summed E-state index contributed by atoms with van der Waals surface area (Å²) in [6.45, 7) is 2.95. The summed E-state index contributed by atoms with van der Waals surface area (Å²) in [5, 5.41) is 3.42. The first-order valence-electron chi connectivity index (χ1n) is 7.77. The van der Waals surface area contributed by atoms with Gasteiger partial charge in [0.05, 0.1) is 17.3 Å². The van der Waals surface area contributed by atoms with E-state index in [0.717, 1.165) is 25.7 Å². The van der Waals surface area contributed by atoms with E-state index in [4.69, 9.17) is 0 Å². The Morgan fingerprint density at radius 1 is 1.14 bits per heavy atom. The van der Waals surface area contributed by atoms with Gasteiger partial charge in [-0.3, -0.25) is 0 Å². The molecule has 0 radical (unpaired) electrons. The number of rotatable bonds is 5. The van der Waals surface area contributed by atoms with E-state index < -0.39 is 19.9 Å². The lowest BCUT2D eigenvalue weighted by molar-refractivity contribution is 0.272. The van der Waals surface area contributed by atoms with E-state index >= 15 is 0 Å². The molecule has 2 saturated heterocycles. The normalized spacial score (nSPS) is 28.5. The van der Waals surface area contributed by atoms with Gasteiger partial charge in [-0.1, -0.05) is 6.92 Å². The van der Waals surface area contributed by atoms with Gasteiger partial charge in [0, 0.05) is 25.2 Å². The van der Waals surface area contributed by atoms with Gasteiger partial charge in [0.2, 0.25) is 10.0 Å². The molecule has 0 aromatic rings. The maximum absolute atomic E-state index is 12.0. The third-order valence-electron chi connectivity index (χ3n) is 4.24. The van der Waals surface area contributed by atoms with E-state index in [-0.39, 0.29) is 23.6 Å². The van der Waals surface area contributed by atoms with Gasteiger partial charge in [-0.2, -0.15) is 0 Å². The Morgan fingerprint density at radius 3 is 2.38 bits per heavy atom. The Kier molecular flexibility index (Phi) is 5.67. The first-order valence-corrected chi connectivity index (χ1v) is 11.2. The summed E-state index contributed by atoms with van der Waals surface area (Å²) in [4.78, 5) is 0. The summed E-state index contributed by atoms with van der Waals surface area (Å²) in [7, 11) is -5.99. The lowest BCUT2D eigenvalue weighted by Gasteiger charge is -2.34. The molecule has 2 rings (SSSR count). The van der Waals surface area contributed by atoms with Crippen molar-refractivity contribution in [3.05, 3.63) is 0 Å². The molecule has 1 unspecified atom stereocenters. The van der Waals surface area contributed by atoms with Gasteiger partial charge in [-0.15, -0.1) is 0 Å². The minimum Gasteiger partial charge on any atom is -0.310 e. The van der Waals surface area contributed by atoms with Gasteiger partial charge >= 0.3 is 0 Å². The van der Waals surface area contributed by atoms with Crippen molar-refractivity contribution in [1.82, 2.24) is 9.62 Å². The van der Waals surface area contributed by atoms with E-state index in [1.165, 1.54) is 0 Å². The fraction of sp³-hybridized carbons (Fsp3) is 1.00. The van der Waals surface area contributed by atoms with Crippen molar-refractivity contribution in [2.24, 2.45) is 0 Å². The fourth-order valence-electron chi connectivity index (χ4n) is 3.18. The number of nitrogens with one attached hydrogen (secondary N) is 1. The zero-order valence-corrected chi connectivity index (χ0v) is 14.3. The average molecular weight is 338 g/mol. The SMILES string of the molecule is CCCS(=O)(=O)N1CCC(NC2CCCS(=O)(=O)C2)CC1. The van der Waals surface area contributed by atoms with Crippen molar-refractivity contribution in [3.63, 3.8) is 0 Å². The van der Waals surface area contributed by atoms with Gasteiger partial charge in [0.15, 0.2) is 9.84 Å². The number of sulfone groups is 1. The molecule has 2 heterocycles. The van der Waals surface area contributed by atoms with Crippen molar-refractivity contribution < 1.29 is 16.8 Å². The third-order valence-corrected chi connectivity index (χ3v) is 8.14. The highest BCUT2D eigenvalue weighted by Gasteiger charge is 2.30. The van der Waals surface area contributed by atoms with Crippen LogP contribution in [-0.2, 0) is 19.9 Å². The molecule has 2 aliphatic rings. The first-order chi connectivity index (χ1) is 9.82. The van der Waals surface area contributed by atoms with Crippen LogP contribution in [0, 0.1) is 0 Å². The lowest BCUT2D eigenvalue weighted by atomic mass is 10.0. The van der Waals surface area contributed by atoms with Crippen LogP contribution in [0.3, 0.4) is 0 Å². The van der Waals surface area contributed by atoms with Crippen LogP contribution >= 0.6 is 0 Å².